The highest BCUT2D eigenvalue weighted by Gasteiger charge is 2.42. The third-order valence-electron chi connectivity index (χ3n) is 8.65. The quantitative estimate of drug-likeness (QED) is 0.623. The average molecular weight is 488 g/mol. The van der Waals surface area contributed by atoms with Crippen LogP contribution in [0.1, 0.15) is 81.9 Å². The summed E-state index contributed by atoms with van der Waals surface area (Å²) in [5.74, 6) is 0.746. The van der Waals surface area contributed by atoms with Crippen LogP contribution in [0.4, 0.5) is 0 Å². The molecule has 1 aromatic heterocycles. The minimum Gasteiger partial charge on any atom is -0.381 e. The first-order chi connectivity index (χ1) is 16.0. The van der Waals surface area contributed by atoms with Crippen LogP contribution in [0.3, 0.4) is 0 Å². The highest BCUT2D eigenvalue weighted by atomic mass is 35.5. The summed E-state index contributed by atoms with van der Waals surface area (Å²) >= 11 is 0. The van der Waals surface area contributed by atoms with E-state index >= 15 is 0 Å². The number of hydrogen-bond acceptors (Lipinski definition) is 3. The number of nitrogens with one attached hydrogen (secondary N) is 1. The summed E-state index contributed by atoms with van der Waals surface area (Å²) in [5.41, 5.74) is 4.29. The summed E-state index contributed by atoms with van der Waals surface area (Å²) in [5, 5.41) is 4.91. The predicted octanol–water partition coefficient (Wildman–Crippen LogP) is 5.46. The second-order valence-corrected chi connectivity index (χ2v) is 11.1. The summed E-state index contributed by atoms with van der Waals surface area (Å²) in [4.78, 5) is 15.9. The molecular formula is C28H42ClN3O2. The molecule has 2 aliphatic carbocycles. The zero-order valence-corrected chi connectivity index (χ0v) is 22.1. The third-order valence-corrected chi connectivity index (χ3v) is 8.65. The van der Waals surface area contributed by atoms with Crippen molar-refractivity contribution in [3.05, 3.63) is 35.5 Å². The Morgan fingerprint density at radius 1 is 1.15 bits per heavy atom. The molecule has 2 fully saturated rings. The number of rotatable bonds is 4. The van der Waals surface area contributed by atoms with Crippen molar-refractivity contribution in [2.45, 2.75) is 95.4 Å². The number of likely N-dealkylation sites (N-methyl/N-ethyl adjacent to an activating group) is 1. The highest BCUT2D eigenvalue weighted by molar-refractivity contribution is 5.89. The van der Waals surface area contributed by atoms with Crippen LogP contribution in [-0.4, -0.2) is 54.3 Å². The SMILES string of the molecule is COC1CCCCC(NC(=O)[C@@H]2C[C@@H]3c4cccc5c4c(cn5C(C)C)C[C@H]3N(C)C2)CC1.Cl. The van der Waals surface area contributed by atoms with Crippen molar-refractivity contribution in [1.82, 2.24) is 14.8 Å². The number of aromatic nitrogens is 1. The van der Waals surface area contributed by atoms with Crippen molar-refractivity contribution >= 4 is 29.2 Å². The third kappa shape index (κ3) is 4.76. The number of fused-ring (bicyclic) bond motifs is 2. The molecule has 5 nitrogen and oxygen atoms in total. The van der Waals surface area contributed by atoms with Crippen LogP contribution in [0.15, 0.2) is 24.4 Å². The van der Waals surface area contributed by atoms with Gasteiger partial charge in [-0.3, -0.25) is 4.79 Å². The highest BCUT2D eigenvalue weighted by Crippen LogP contribution is 2.45. The first kappa shape index (κ1) is 25.5. The van der Waals surface area contributed by atoms with Crippen molar-refractivity contribution in [3.63, 3.8) is 0 Å². The summed E-state index contributed by atoms with van der Waals surface area (Å²) in [6.45, 7) is 5.38. The number of likely N-dealkylation sites (tertiary alicyclic amines) is 1. The largest absolute Gasteiger partial charge is 0.381 e. The molecule has 3 aliphatic rings. The van der Waals surface area contributed by atoms with Gasteiger partial charge in [0.1, 0.15) is 0 Å². The number of amides is 1. The first-order valence-electron chi connectivity index (χ1n) is 13.1. The fraction of sp³-hybridized carbons (Fsp3) is 0.679. The van der Waals surface area contributed by atoms with Crippen LogP contribution in [0.2, 0.25) is 0 Å². The molecule has 1 saturated carbocycles. The van der Waals surface area contributed by atoms with Gasteiger partial charge in [-0.15, -0.1) is 12.4 Å². The van der Waals surface area contributed by atoms with Crippen molar-refractivity contribution in [3.8, 4) is 0 Å². The van der Waals surface area contributed by atoms with Gasteiger partial charge in [0.2, 0.25) is 5.91 Å². The monoisotopic (exact) mass is 487 g/mol. The van der Waals surface area contributed by atoms with E-state index in [1.54, 1.807) is 0 Å². The van der Waals surface area contributed by atoms with E-state index in [0.29, 0.717) is 30.1 Å². The Hall–Kier alpha value is -1.56. The number of halogens is 1. The van der Waals surface area contributed by atoms with Gasteiger partial charge < -0.3 is 19.5 Å². The smallest absolute Gasteiger partial charge is 0.224 e. The summed E-state index contributed by atoms with van der Waals surface area (Å²) in [6.07, 6.45) is 11.5. The van der Waals surface area contributed by atoms with E-state index < -0.39 is 0 Å². The van der Waals surface area contributed by atoms with Gasteiger partial charge in [0.05, 0.1) is 12.0 Å². The lowest BCUT2D eigenvalue weighted by Crippen LogP contribution is -2.52. The van der Waals surface area contributed by atoms with Crippen LogP contribution in [-0.2, 0) is 16.0 Å². The number of carbonyl (C=O) groups excluding carboxylic acids is 1. The second kappa shape index (κ2) is 10.6. The average Bonchev–Trinajstić information content (AvgIpc) is 3.16. The number of ether oxygens (including phenoxy) is 1. The molecule has 1 N–H and O–H groups in total. The molecule has 2 unspecified atom stereocenters. The maximum Gasteiger partial charge on any atom is 0.224 e. The molecule has 1 amide bonds. The van der Waals surface area contributed by atoms with Gasteiger partial charge in [-0.05, 0) is 76.6 Å². The normalized spacial score (nSPS) is 29.7. The Balaban J connectivity index is 0.00000274. The van der Waals surface area contributed by atoms with Gasteiger partial charge in [0.15, 0.2) is 0 Å². The van der Waals surface area contributed by atoms with Gasteiger partial charge in [0, 0.05) is 54.8 Å². The van der Waals surface area contributed by atoms with Crippen LogP contribution < -0.4 is 5.32 Å². The molecule has 0 bridgehead atoms. The van der Waals surface area contributed by atoms with E-state index in [4.69, 9.17) is 4.74 Å². The van der Waals surface area contributed by atoms with Crippen molar-refractivity contribution in [2.75, 3.05) is 20.7 Å². The number of methoxy groups -OCH3 is 1. The minimum atomic E-state index is 0. The lowest BCUT2D eigenvalue weighted by molar-refractivity contribution is -0.128. The molecule has 6 heteroatoms. The molecule has 34 heavy (non-hydrogen) atoms. The number of benzene rings is 1. The van der Waals surface area contributed by atoms with Crippen molar-refractivity contribution in [1.29, 1.82) is 0 Å². The number of carbonyl (C=O) groups is 1. The lowest BCUT2D eigenvalue weighted by Gasteiger charge is -2.45. The standard InChI is InChI=1S/C28H41N3O2.ClH/c1-18(2)31-17-19-15-26-24(23-10-7-11-25(31)27(19)23)14-20(16-30(26)3)28(32)29-21-8-5-6-9-22(33-4)13-12-21;/h7,10-11,17-18,20-22,24,26H,5-6,8-9,12-16H2,1-4H3,(H,29,32);1H/t20-,21?,22?,24-,26-;/m1./s1. The van der Waals surface area contributed by atoms with E-state index in [1.165, 1.54) is 34.9 Å². The fourth-order valence-electron chi connectivity index (χ4n) is 6.83. The summed E-state index contributed by atoms with van der Waals surface area (Å²) in [6, 6.07) is 8.03. The zero-order valence-electron chi connectivity index (χ0n) is 21.3. The molecule has 188 valence electrons. The molecule has 2 heterocycles. The fourth-order valence-corrected chi connectivity index (χ4v) is 6.83. The molecule has 2 aromatic rings. The van der Waals surface area contributed by atoms with Gasteiger partial charge in [-0.25, -0.2) is 0 Å². The maximum absolute atomic E-state index is 13.4. The molecule has 0 radical (unpaired) electrons. The van der Waals surface area contributed by atoms with Gasteiger partial charge in [-0.2, -0.15) is 0 Å². The topological polar surface area (TPSA) is 46.5 Å². The molecule has 1 aromatic carbocycles. The summed E-state index contributed by atoms with van der Waals surface area (Å²) < 4.78 is 8.05. The van der Waals surface area contributed by atoms with Gasteiger partial charge in [0.25, 0.3) is 0 Å². The molecule has 0 spiro atoms. The lowest BCUT2D eigenvalue weighted by atomic mass is 9.72. The Labute approximate surface area is 211 Å². The van der Waals surface area contributed by atoms with Gasteiger partial charge in [-0.1, -0.05) is 25.0 Å². The van der Waals surface area contributed by atoms with Crippen LogP contribution >= 0.6 is 12.4 Å². The molecule has 5 rings (SSSR count). The Kier molecular flexibility index (Phi) is 7.95. The predicted molar refractivity (Wildman–Crippen MR) is 141 cm³/mol. The Morgan fingerprint density at radius 2 is 1.94 bits per heavy atom. The van der Waals surface area contributed by atoms with E-state index in [-0.39, 0.29) is 24.2 Å². The van der Waals surface area contributed by atoms with E-state index in [1.807, 2.05) is 7.11 Å². The van der Waals surface area contributed by atoms with Crippen molar-refractivity contribution < 1.29 is 9.53 Å². The Morgan fingerprint density at radius 3 is 2.71 bits per heavy atom. The maximum atomic E-state index is 13.4. The zero-order chi connectivity index (χ0) is 23.1. The van der Waals surface area contributed by atoms with E-state index in [0.717, 1.165) is 45.1 Å². The number of hydrogen-bond donors (Lipinski definition) is 1. The second-order valence-electron chi connectivity index (χ2n) is 11.1. The first-order valence-corrected chi connectivity index (χ1v) is 13.1. The number of piperidine rings is 1. The van der Waals surface area contributed by atoms with E-state index in [2.05, 4.69) is 60.1 Å². The van der Waals surface area contributed by atoms with Crippen LogP contribution in [0.25, 0.3) is 10.9 Å². The molecular weight excluding hydrogens is 446 g/mol. The summed E-state index contributed by atoms with van der Waals surface area (Å²) in [7, 11) is 4.04. The van der Waals surface area contributed by atoms with Crippen LogP contribution in [0, 0.1) is 5.92 Å². The van der Waals surface area contributed by atoms with Crippen molar-refractivity contribution in [2.24, 2.45) is 5.92 Å². The molecule has 1 aliphatic heterocycles. The molecule has 5 atom stereocenters. The molecule has 1 saturated heterocycles. The van der Waals surface area contributed by atoms with E-state index in [9.17, 15) is 4.79 Å². The van der Waals surface area contributed by atoms with Gasteiger partial charge >= 0.3 is 0 Å². The Bertz CT molecular complexity index is 1000. The number of nitrogens with zero attached hydrogens (tertiary/aromatic N) is 2. The van der Waals surface area contributed by atoms with Crippen LogP contribution in [0.5, 0.6) is 0 Å². The minimum absolute atomic E-state index is 0.